The molecule has 1 aromatic heterocycles. The summed E-state index contributed by atoms with van der Waals surface area (Å²) in [5.41, 5.74) is 2.03. The molecule has 3 aromatic rings. The maximum absolute atomic E-state index is 14.2. The Bertz CT molecular complexity index is 1140. The first-order valence-corrected chi connectivity index (χ1v) is 11.2. The zero-order valence-electron chi connectivity index (χ0n) is 18.3. The van der Waals surface area contributed by atoms with Crippen molar-refractivity contribution in [3.8, 4) is 11.1 Å². The number of hydrogen-bond acceptors (Lipinski definition) is 4. The molecule has 0 spiro atoms. The van der Waals surface area contributed by atoms with Crippen LogP contribution in [0.15, 0.2) is 60.8 Å². The number of rotatable bonds is 10. The minimum Gasteiger partial charge on any atom is -0.481 e. The SMILES string of the molecule is COC[C@H](C[C@@H](Cc1ccc(-c2cc(Cl)ccc2F)cc1)NC(=O)c1ccc(Cl)cn1)C(=O)O. The number of carbonyl (C=O) groups is 2. The lowest BCUT2D eigenvalue weighted by molar-refractivity contribution is -0.144. The van der Waals surface area contributed by atoms with E-state index < -0.39 is 23.8 Å². The summed E-state index contributed by atoms with van der Waals surface area (Å²) in [6.07, 6.45) is 1.86. The van der Waals surface area contributed by atoms with Crippen LogP contribution in [0.25, 0.3) is 11.1 Å². The largest absolute Gasteiger partial charge is 0.481 e. The molecule has 0 aliphatic rings. The van der Waals surface area contributed by atoms with Crippen molar-refractivity contribution in [2.24, 2.45) is 5.92 Å². The first-order chi connectivity index (χ1) is 16.3. The van der Waals surface area contributed by atoms with Crippen LogP contribution >= 0.6 is 23.2 Å². The highest BCUT2D eigenvalue weighted by molar-refractivity contribution is 6.31. The Balaban J connectivity index is 1.80. The van der Waals surface area contributed by atoms with Gasteiger partial charge in [0, 0.05) is 29.9 Å². The molecule has 0 radical (unpaired) electrons. The topological polar surface area (TPSA) is 88.5 Å². The third-order valence-corrected chi connectivity index (χ3v) is 5.72. The molecule has 0 saturated heterocycles. The second kappa shape index (κ2) is 11.9. The van der Waals surface area contributed by atoms with Gasteiger partial charge in [-0.3, -0.25) is 9.59 Å². The van der Waals surface area contributed by atoms with Gasteiger partial charge in [0.1, 0.15) is 11.5 Å². The average molecular weight is 505 g/mol. The van der Waals surface area contributed by atoms with Gasteiger partial charge in [-0.25, -0.2) is 9.37 Å². The van der Waals surface area contributed by atoms with E-state index in [1.54, 1.807) is 24.3 Å². The predicted molar refractivity (Wildman–Crippen MR) is 129 cm³/mol. The van der Waals surface area contributed by atoms with Crippen molar-refractivity contribution >= 4 is 35.1 Å². The zero-order valence-corrected chi connectivity index (χ0v) is 19.8. The number of aliphatic carboxylic acids is 1. The van der Waals surface area contributed by atoms with Crippen molar-refractivity contribution in [1.29, 1.82) is 0 Å². The number of carbonyl (C=O) groups excluding carboxylic acids is 1. The molecule has 9 heteroatoms. The van der Waals surface area contributed by atoms with E-state index in [0.717, 1.165) is 5.56 Å². The number of nitrogens with zero attached hydrogens (tertiary/aromatic N) is 1. The summed E-state index contributed by atoms with van der Waals surface area (Å²) in [6, 6.07) is 14.0. The monoisotopic (exact) mass is 504 g/mol. The van der Waals surface area contributed by atoms with Crippen molar-refractivity contribution in [3.05, 3.63) is 87.9 Å². The van der Waals surface area contributed by atoms with Gasteiger partial charge in [0.15, 0.2) is 0 Å². The van der Waals surface area contributed by atoms with E-state index in [1.165, 1.54) is 31.5 Å². The van der Waals surface area contributed by atoms with Crippen LogP contribution in [0.2, 0.25) is 10.0 Å². The summed E-state index contributed by atoms with van der Waals surface area (Å²) >= 11 is 11.8. The molecule has 3 rings (SSSR count). The molecule has 178 valence electrons. The third-order valence-electron chi connectivity index (χ3n) is 5.26. The standard InChI is InChI=1S/C25H23Cl2FN2O4/c1-34-14-17(25(32)33)11-20(30-24(31)23-9-7-19(27)13-29-23)10-15-2-4-16(5-3-15)21-12-18(26)6-8-22(21)28/h2-9,12-13,17,20H,10-11,14H2,1H3,(H,30,31)(H,32,33)/t17-,20+/m0/s1. The van der Waals surface area contributed by atoms with E-state index in [4.69, 9.17) is 27.9 Å². The number of amides is 1. The molecule has 0 aliphatic carbocycles. The number of nitrogens with one attached hydrogen (secondary N) is 1. The fourth-order valence-corrected chi connectivity index (χ4v) is 3.86. The lowest BCUT2D eigenvalue weighted by Gasteiger charge is -2.22. The second-order valence-electron chi connectivity index (χ2n) is 7.78. The summed E-state index contributed by atoms with van der Waals surface area (Å²) < 4.78 is 19.2. The van der Waals surface area contributed by atoms with E-state index in [9.17, 15) is 19.1 Å². The van der Waals surface area contributed by atoms with Gasteiger partial charge in [0.25, 0.3) is 5.91 Å². The quantitative estimate of drug-likeness (QED) is 0.392. The van der Waals surface area contributed by atoms with E-state index in [1.807, 2.05) is 12.1 Å². The molecular weight excluding hydrogens is 482 g/mol. The summed E-state index contributed by atoms with van der Waals surface area (Å²) in [5.74, 6) is -2.66. The molecule has 34 heavy (non-hydrogen) atoms. The zero-order chi connectivity index (χ0) is 24.7. The number of benzene rings is 2. The van der Waals surface area contributed by atoms with Crippen LogP contribution in [0.4, 0.5) is 4.39 Å². The minimum atomic E-state index is -1.02. The Morgan fingerprint density at radius 2 is 1.79 bits per heavy atom. The van der Waals surface area contributed by atoms with Gasteiger partial charge in [-0.05, 0) is 54.3 Å². The first-order valence-electron chi connectivity index (χ1n) is 10.5. The van der Waals surface area contributed by atoms with E-state index in [0.29, 0.717) is 27.6 Å². The molecule has 0 aliphatic heterocycles. The molecule has 0 unspecified atom stereocenters. The number of halogens is 3. The number of carboxylic acid groups (broad SMARTS) is 1. The Kier molecular flexibility index (Phi) is 8.98. The van der Waals surface area contributed by atoms with Crippen molar-refractivity contribution in [2.75, 3.05) is 13.7 Å². The molecule has 0 bridgehead atoms. The summed E-state index contributed by atoms with van der Waals surface area (Å²) in [6.45, 7) is 0.00782. The molecule has 1 heterocycles. The molecule has 0 saturated carbocycles. The number of hydrogen-bond donors (Lipinski definition) is 2. The normalized spacial score (nSPS) is 12.7. The first kappa shape index (κ1) is 25.6. The van der Waals surface area contributed by atoms with Gasteiger partial charge in [-0.2, -0.15) is 0 Å². The van der Waals surface area contributed by atoms with Crippen molar-refractivity contribution in [3.63, 3.8) is 0 Å². The Morgan fingerprint density at radius 3 is 2.41 bits per heavy atom. The lowest BCUT2D eigenvalue weighted by atomic mass is 9.94. The van der Waals surface area contributed by atoms with Crippen LogP contribution in [0.5, 0.6) is 0 Å². The van der Waals surface area contributed by atoms with Gasteiger partial charge in [0.2, 0.25) is 0 Å². The molecule has 2 N–H and O–H groups in total. The van der Waals surface area contributed by atoms with Crippen molar-refractivity contribution in [1.82, 2.24) is 10.3 Å². The van der Waals surface area contributed by atoms with Gasteiger partial charge in [-0.15, -0.1) is 0 Å². The Labute approximate surface area is 206 Å². The second-order valence-corrected chi connectivity index (χ2v) is 8.66. The maximum atomic E-state index is 14.2. The maximum Gasteiger partial charge on any atom is 0.308 e. The van der Waals surface area contributed by atoms with Crippen LogP contribution in [0, 0.1) is 11.7 Å². The summed E-state index contributed by atoms with van der Waals surface area (Å²) in [7, 11) is 1.43. The molecule has 6 nitrogen and oxygen atoms in total. The molecule has 2 atom stereocenters. The van der Waals surface area contributed by atoms with Crippen LogP contribution in [-0.2, 0) is 16.0 Å². The average Bonchev–Trinajstić information content (AvgIpc) is 2.81. The van der Waals surface area contributed by atoms with Crippen molar-refractivity contribution < 1.29 is 23.8 Å². The summed E-state index contributed by atoms with van der Waals surface area (Å²) in [4.78, 5) is 28.4. The van der Waals surface area contributed by atoms with Gasteiger partial charge in [0.05, 0.1) is 17.5 Å². The van der Waals surface area contributed by atoms with E-state index in [-0.39, 0.29) is 24.5 Å². The highest BCUT2D eigenvalue weighted by Crippen LogP contribution is 2.27. The molecular formula is C25H23Cl2FN2O4. The van der Waals surface area contributed by atoms with Crippen molar-refractivity contribution in [2.45, 2.75) is 18.9 Å². The molecule has 1 amide bonds. The number of pyridine rings is 1. The number of carboxylic acids is 1. The smallest absolute Gasteiger partial charge is 0.308 e. The van der Waals surface area contributed by atoms with Gasteiger partial charge in [-0.1, -0.05) is 47.5 Å². The fourth-order valence-electron chi connectivity index (χ4n) is 3.57. The number of methoxy groups -OCH3 is 1. The molecule has 2 aromatic carbocycles. The van der Waals surface area contributed by atoms with Crippen LogP contribution in [0.3, 0.4) is 0 Å². The van der Waals surface area contributed by atoms with E-state index in [2.05, 4.69) is 10.3 Å². The van der Waals surface area contributed by atoms with E-state index >= 15 is 0 Å². The van der Waals surface area contributed by atoms with Crippen LogP contribution in [-0.4, -0.2) is 41.7 Å². The third kappa shape index (κ3) is 7.00. The van der Waals surface area contributed by atoms with Gasteiger partial charge < -0.3 is 15.2 Å². The fraction of sp³-hybridized carbons (Fsp3) is 0.240. The highest BCUT2D eigenvalue weighted by atomic mass is 35.5. The number of ether oxygens (including phenoxy) is 1. The minimum absolute atomic E-state index is 0.00782. The Morgan fingerprint density at radius 1 is 1.09 bits per heavy atom. The van der Waals surface area contributed by atoms with Crippen LogP contribution < -0.4 is 5.32 Å². The van der Waals surface area contributed by atoms with Crippen LogP contribution in [0.1, 0.15) is 22.5 Å². The molecule has 0 fully saturated rings. The number of aromatic nitrogens is 1. The lowest BCUT2D eigenvalue weighted by Crippen LogP contribution is -2.40. The Hall–Kier alpha value is -3.00. The predicted octanol–water partition coefficient (Wildman–Crippen LogP) is 5.27. The highest BCUT2D eigenvalue weighted by Gasteiger charge is 2.25. The van der Waals surface area contributed by atoms with Gasteiger partial charge >= 0.3 is 5.97 Å². The summed E-state index contributed by atoms with van der Waals surface area (Å²) in [5, 5.41) is 13.2.